The van der Waals surface area contributed by atoms with Gasteiger partial charge in [-0.3, -0.25) is 0 Å². The van der Waals surface area contributed by atoms with Gasteiger partial charge in [-0.15, -0.1) is 0 Å². The van der Waals surface area contributed by atoms with Gasteiger partial charge in [0, 0.05) is 17.2 Å². The van der Waals surface area contributed by atoms with Crippen LogP contribution in [0.5, 0.6) is 0 Å². The fourth-order valence-electron chi connectivity index (χ4n) is 2.23. The zero-order valence-corrected chi connectivity index (χ0v) is 10.7. The number of aliphatic hydroxyl groups is 1. The Balaban J connectivity index is 2.36. The minimum atomic E-state index is -0.822. The zero-order valence-electron chi connectivity index (χ0n) is 9.96. The highest BCUT2D eigenvalue weighted by Crippen LogP contribution is 2.40. The topological polar surface area (TPSA) is 29.5 Å². The van der Waals surface area contributed by atoms with Gasteiger partial charge in [0.15, 0.2) is 0 Å². The summed E-state index contributed by atoms with van der Waals surface area (Å²) in [5, 5.41) is 10.6. The molecule has 4 heteroatoms. The SMILES string of the molecule is Cc1cc(C(O)C2(C)CCCO2)c(Cl)cc1F. The lowest BCUT2D eigenvalue weighted by Crippen LogP contribution is -2.32. The van der Waals surface area contributed by atoms with Gasteiger partial charge < -0.3 is 9.84 Å². The predicted octanol–water partition coefficient (Wildman–Crippen LogP) is 3.39. The number of hydrogen-bond acceptors (Lipinski definition) is 2. The van der Waals surface area contributed by atoms with E-state index in [-0.39, 0.29) is 10.8 Å². The molecule has 0 spiro atoms. The van der Waals surface area contributed by atoms with Gasteiger partial charge in [-0.1, -0.05) is 11.6 Å². The highest BCUT2D eigenvalue weighted by molar-refractivity contribution is 6.31. The molecule has 1 saturated heterocycles. The standard InChI is InChI=1S/C13H16ClFO2/c1-8-6-9(10(14)7-11(8)15)12(16)13(2)4-3-5-17-13/h6-7,12,16H,3-5H2,1-2H3. The van der Waals surface area contributed by atoms with Crippen molar-refractivity contribution < 1.29 is 14.2 Å². The van der Waals surface area contributed by atoms with Crippen molar-refractivity contribution >= 4 is 11.6 Å². The Morgan fingerprint density at radius 3 is 2.82 bits per heavy atom. The summed E-state index contributed by atoms with van der Waals surface area (Å²) in [6.45, 7) is 4.16. The smallest absolute Gasteiger partial charge is 0.127 e. The van der Waals surface area contributed by atoms with Gasteiger partial charge in [-0.05, 0) is 44.4 Å². The molecular weight excluding hydrogens is 243 g/mol. The van der Waals surface area contributed by atoms with E-state index in [0.29, 0.717) is 17.7 Å². The predicted molar refractivity (Wildman–Crippen MR) is 64.7 cm³/mol. The van der Waals surface area contributed by atoms with E-state index in [2.05, 4.69) is 0 Å². The summed E-state index contributed by atoms with van der Waals surface area (Å²) in [6, 6.07) is 2.84. The van der Waals surface area contributed by atoms with Gasteiger partial charge in [0.25, 0.3) is 0 Å². The molecular formula is C13H16ClFO2. The Kier molecular flexibility index (Phi) is 3.43. The van der Waals surface area contributed by atoms with Gasteiger partial charge >= 0.3 is 0 Å². The molecule has 1 aliphatic rings. The minimum absolute atomic E-state index is 0.248. The molecule has 0 bridgehead atoms. The lowest BCUT2D eigenvalue weighted by molar-refractivity contribution is -0.0796. The van der Waals surface area contributed by atoms with E-state index in [9.17, 15) is 9.50 Å². The maximum absolute atomic E-state index is 13.3. The number of hydrogen-bond donors (Lipinski definition) is 1. The lowest BCUT2D eigenvalue weighted by atomic mass is 9.89. The molecule has 1 fully saturated rings. The van der Waals surface area contributed by atoms with Crippen LogP contribution in [-0.2, 0) is 4.74 Å². The van der Waals surface area contributed by atoms with E-state index in [4.69, 9.17) is 16.3 Å². The van der Waals surface area contributed by atoms with Crippen LogP contribution in [0.25, 0.3) is 0 Å². The summed E-state index contributed by atoms with van der Waals surface area (Å²) < 4.78 is 18.9. The number of aliphatic hydroxyl groups excluding tert-OH is 1. The monoisotopic (exact) mass is 258 g/mol. The molecule has 17 heavy (non-hydrogen) atoms. The zero-order chi connectivity index (χ0) is 12.6. The van der Waals surface area contributed by atoms with Crippen LogP contribution in [0.3, 0.4) is 0 Å². The highest BCUT2D eigenvalue weighted by atomic mass is 35.5. The van der Waals surface area contributed by atoms with Crippen LogP contribution in [0.4, 0.5) is 4.39 Å². The fraction of sp³-hybridized carbons (Fsp3) is 0.538. The molecule has 2 unspecified atom stereocenters. The first-order valence-electron chi connectivity index (χ1n) is 5.71. The normalized spacial score (nSPS) is 26.2. The van der Waals surface area contributed by atoms with Crippen LogP contribution in [0.1, 0.15) is 37.0 Å². The van der Waals surface area contributed by atoms with Gasteiger partial charge in [0.1, 0.15) is 11.9 Å². The van der Waals surface area contributed by atoms with E-state index in [1.165, 1.54) is 6.07 Å². The Morgan fingerprint density at radius 1 is 1.53 bits per heavy atom. The van der Waals surface area contributed by atoms with Crippen molar-refractivity contribution in [3.63, 3.8) is 0 Å². The van der Waals surface area contributed by atoms with Gasteiger partial charge in [0.2, 0.25) is 0 Å². The molecule has 1 aromatic rings. The summed E-state index contributed by atoms with van der Waals surface area (Å²) in [5.74, 6) is -0.358. The average molecular weight is 259 g/mol. The molecule has 1 aromatic carbocycles. The summed E-state index contributed by atoms with van der Waals surface area (Å²) in [7, 11) is 0. The summed E-state index contributed by atoms with van der Waals surface area (Å²) in [4.78, 5) is 0. The van der Waals surface area contributed by atoms with E-state index in [0.717, 1.165) is 12.8 Å². The van der Waals surface area contributed by atoms with Crippen molar-refractivity contribution in [2.45, 2.75) is 38.4 Å². The fourth-order valence-corrected chi connectivity index (χ4v) is 2.49. The Hall–Kier alpha value is -0.640. The van der Waals surface area contributed by atoms with Crippen molar-refractivity contribution in [2.75, 3.05) is 6.61 Å². The van der Waals surface area contributed by atoms with Crippen LogP contribution in [0.2, 0.25) is 5.02 Å². The molecule has 2 nitrogen and oxygen atoms in total. The molecule has 0 aliphatic carbocycles. The lowest BCUT2D eigenvalue weighted by Gasteiger charge is -2.30. The maximum atomic E-state index is 13.3. The van der Waals surface area contributed by atoms with Crippen molar-refractivity contribution in [1.82, 2.24) is 0 Å². The van der Waals surface area contributed by atoms with Crippen LogP contribution >= 0.6 is 11.6 Å². The third kappa shape index (κ3) is 2.32. The van der Waals surface area contributed by atoms with Crippen LogP contribution in [0, 0.1) is 12.7 Å². The quantitative estimate of drug-likeness (QED) is 0.881. The molecule has 94 valence electrons. The molecule has 0 aromatic heterocycles. The second-order valence-corrected chi connectivity index (χ2v) is 5.20. The van der Waals surface area contributed by atoms with Gasteiger partial charge in [0.05, 0.1) is 5.60 Å². The first-order valence-corrected chi connectivity index (χ1v) is 6.09. The van der Waals surface area contributed by atoms with Crippen LogP contribution in [0.15, 0.2) is 12.1 Å². The molecule has 0 radical (unpaired) electrons. The summed E-state index contributed by atoms with van der Waals surface area (Å²) >= 11 is 5.98. The summed E-state index contributed by atoms with van der Waals surface area (Å²) in [6.07, 6.45) is 0.878. The third-order valence-electron chi connectivity index (χ3n) is 3.40. The molecule has 1 heterocycles. The van der Waals surface area contributed by atoms with Crippen LogP contribution < -0.4 is 0 Å². The number of rotatable bonds is 2. The number of halogens is 2. The van der Waals surface area contributed by atoms with E-state index in [1.807, 2.05) is 6.92 Å². The third-order valence-corrected chi connectivity index (χ3v) is 3.73. The second kappa shape index (κ2) is 4.56. The number of benzene rings is 1. The van der Waals surface area contributed by atoms with Crippen molar-refractivity contribution in [2.24, 2.45) is 0 Å². The van der Waals surface area contributed by atoms with Gasteiger partial charge in [-0.2, -0.15) is 0 Å². The Labute approximate surface area is 105 Å². The number of ether oxygens (including phenoxy) is 1. The minimum Gasteiger partial charge on any atom is -0.385 e. The molecule has 1 aliphatic heterocycles. The van der Waals surface area contributed by atoms with Crippen LogP contribution in [-0.4, -0.2) is 17.3 Å². The highest BCUT2D eigenvalue weighted by Gasteiger charge is 2.39. The van der Waals surface area contributed by atoms with Crippen molar-refractivity contribution in [3.05, 3.63) is 34.1 Å². The molecule has 2 rings (SSSR count). The maximum Gasteiger partial charge on any atom is 0.127 e. The van der Waals surface area contributed by atoms with E-state index in [1.54, 1.807) is 13.0 Å². The van der Waals surface area contributed by atoms with E-state index >= 15 is 0 Å². The van der Waals surface area contributed by atoms with E-state index < -0.39 is 11.7 Å². The second-order valence-electron chi connectivity index (χ2n) is 4.79. The molecule has 0 amide bonds. The van der Waals surface area contributed by atoms with Crippen molar-refractivity contribution in [1.29, 1.82) is 0 Å². The number of aryl methyl sites for hydroxylation is 1. The first-order chi connectivity index (χ1) is 7.94. The Morgan fingerprint density at radius 2 is 2.24 bits per heavy atom. The first kappa shape index (κ1) is 12.8. The molecule has 2 atom stereocenters. The van der Waals surface area contributed by atoms with Crippen molar-refractivity contribution in [3.8, 4) is 0 Å². The summed E-state index contributed by atoms with van der Waals surface area (Å²) in [5.41, 5.74) is 0.397. The van der Waals surface area contributed by atoms with Gasteiger partial charge in [-0.25, -0.2) is 4.39 Å². The molecule has 0 saturated carbocycles. The Bertz CT molecular complexity index is 428. The largest absolute Gasteiger partial charge is 0.385 e. The molecule has 1 N–H and O–H groups in total. The average Bonchev–Trinajstić information content (AvgIpc) is 2.71.